The van der Waals surface area contributed by atoms with Crippen molar-refractivity contribution in [2.45, 2.75) is 45.8 Å². The second kappa shape index (κ2) is 9.83. The predicted molar refractivity (Wildman–Crippen MR) is 100 cm³/mol. The molecule has 0 bridgehead atoms. The Labute approximate surface area is 154 Å². The van der Waals surface area contributed by atoms with Crippen LogP contribution in [0.3, 0.4) is 0 Å². The highest BCUT2D eigenvalue weighted by molar-refractivity contribution is 5.80. The van der Waals surface area contributed by atoms with Crippen LogP contribution in [0.1, 0.15) is 39.3 Å². The van der Waals surface area contributed by atoms with Crippen molar-refractivity contribution in [2.24, 2.45) is 4.99 Å². The molecule has 3 atom stereocenters. The first kappa shape index (κ1) is 20.6. The molecule has 1 aliphatic rings. The fraction of sp³-hybridized carbons (Fsp3) is 0.632. The maximum absolute atomic E-state index is 14.0. The molecule has 26 heavy (non-hydrogen) atoms. The zero-order chi connectivity index (χ0) is 19.1. The highest BCUT2D eigenvalue weighted by atomic mass is 19.1. The number of rotatable bonds is 6. The van der Waals surface area contributed by atoms with Gasteiger partial charge in [0.25, 0.3) is 0 Å². The summed E-state index contributed by atoms with van der Waals surface area (Å²) in [4.78, 5) is 7.04. The van der Waals surface area contributed by atoms with Crippen LogP contribution in [0.4, 0.5) is 8.78 Å². The summed E-state index contributed by atoms with van der Waals surface area (Å²) in [7, 11) is 0. The second-order valence-corrected chi connectivity index (χ2v) is 6.76. The summed E-state index contributed by atoms with van der Waals surface area (Å²) in [6, 6.07) is 3.95. The number of morpholine rings is 1. The summed E-state index contributed by atoms with van der Waals surface area (Å²) >= 11 is 0. The van der Waals surface area contributed by atoms with Crippen molar-refractivity contribution >= 4 is 5.96 Å². The van der Waals surface area contributed by atoms with E-state index >= 15 is 0 Å². The highest BCUT2D eigenvalue weighted by Gasteiger charge is 2.23. The van der Waals surface area contributed by atoms with Gasteiger partial charge >= 0.3 is 0 Å². The molecule has 0 saturated carbocycles. The summed E-state index contributed by atoms with van der Waals surface area (Å²) in [6.45, 7) is 11.8. The van der Waals surface area contributed by atoms with E-state index in [1.54, 1.807) is 0 Å². The molecule has 3 unspecified atom stereocenters. The van der Waals surface area contributed by atoms with Gasteiger partial charge in [-0.05, 0) is 33.8 Å². The van der Waals surface area contributed by atoms with E-state index < -0.39 is 11.6 Å². The molecule has 0 spiro atoms. The summed E-state index contributed by atoms with van der Waals surface area (Å²) in [5.74, 6) is -0.514. The third-order valence-electron chi connectivity index (χ3n) is 4.63. The van der Waals surface area contributed by atoms with Gasteiger partial charge in [-0.3, -0.25) is 9.89 Å². The molecule has 1 aromatic carbocycles. The first-order chi connectivity index (χ1) is 12.4. The lowest BCUT2D eigenvalue weighted by Crippen LogP contribution is -2.49. The van der Waals surface area contributed by atoms with Crippen LogP contribution in [-0.2, 0) is 4.74 Å². The van der Waals surface area contributed by atoms with Crippen LogP contribution in [0.25, 0.3) is 0 Å². The Kier molecular flexibility index (Phi) is 7.78. The van der Waals surface area contributed by atoms with E-state index in [2.05, 4.69) is 34.4 Å². The molecule has 1 saturated heterocycles. The average molecular weight is 368 g/mol. The maximum Gasteiger partial charge on any atom is 0.191 e. The van der Waals surface area contributed by atoms with E-state index in [-0.39, 0.29) is 12.1 Å². The first-order valence-electron chi connectivity index (χ1n) is 9.25. The van der Waals surface area contributed by atoms with Gasteiger partial charge in [0.15, 0.2) is 5.96 Å². The van der Waals surface area contributed by atoms with Gasteiger partial charge in [0, 0.05) is 36.8 Å². The van der Waals surface area contributed by atoms with E-state index in [9.17, 15) is 8.78 Å². The molecule has 146 valence electrons. The largest absolute Gasteiger partial charge is 0.379 e. The van der Waals surface area contributed by atoms with Crippen molar-refractivity contribution in [3.8, 4) is 0 Å². The molecule has 0 aromatic heterocycles. The smallest absolute Gasteiger partial charge is 0.191 e. The molecular weight excluding hydrogens is 338 g/mol. The zero-order valence-corrected chi connectivity index (χ0v) is 16.1. The van der Waals surface area contributed by atoms with E-state index in [0.717, 1.165) is 25.8 Å². The normalized spacial score (nSPS) is 21.3. The lowest BCUT2D eigenvalue weighted by molar-refractivity contribution is -0.0165. The van der Waals surface area contributed by atoms with Crippen molar-refractivity contribution in [3.05, 3.63) is 35.4 Å². The van der Waals surface area contributed by atoms with Gasteiger partial charge in [0.05, 0.1) is 25.8 Å². The van der Waals surface area contributed by atoms with Crippen molar-refractivity contribution < 1.29 is 13.5 Å². The molecule has 0 aliphatic carbocycles. The number of aliphatic imine (C=N–C) groups is 1. The summed E-state index contributed by atoms with van der Waals surface area (Å²) in [5.41, 5.74) is 0.409. The van der Waals surface area contributed by atoms with E-state index in [1.807, 2.05) is 13.8 Å². The molecule has 2 N–H and O–H groups in total. The van der Waals surface area contributed by atoms with Gasteiger partial charge in [-0.1, -0.05) is 6.07 Å². The SMILES string of the molecule is CCNC(=NCC(C)N1CCOCC1C)NC(C)c1ccc(F)cc1F. The minimum Gasteiger partial charge on any atom is -0.379 e. The molecule has 5 nitrogen and oxygen atoms in total. The second-order valence-electron chi connectivity index (χ2n) is 6.76. The Morgan fingerprint density at radius 1 is 1.38 bits per heavy atom. The third-order valence-corrected chi connectivity index (χ3v) is 4.63. The number of nitrogens with one attached hydrogen (secondary N) is 2. The van der Waals surface area contributed by atoms with Crippen LogP contribution in [0.15, 0.2) is 23.2 Å². The van der Waals surface area contributed by atoms with Crippen molar-refractivity contribution in [1.29, 1.82) is 0 Å². The van der Waals surface area contributed by atoms with Crippen LogP contribution in [0.5, 0.6) is 0 Å². The Hall–Kier alpha value is -1.73. The summed E-state index contributed by atoms with van der Waals surface area (Å²) in [5, 5.41) is 6.38. The molecule has 1 fully saturated rings. The van der Waals surface area contributed by atoms with Gasteiger partial charge in [-0.25, -0.2) is 8.78 Å². The Morgan fingerprint density at radius 3 is 2.81 bits per heavy atom. The monoisotopic (exact) mass is 368 g/mol. The lowest BCUT2D eigenvalue weighted by Gasteiger charge is -2.37. The lowest BCUT2D eigenvalue weighted by atomic mass is 10.1. The number of benzene rings is 1. The van der Waals surface area contributed by atoms with Crippen LogP contribution < -0.4 is 10.6 Å². The fourth-order valence-electron chi connectivity index (χ4n) is 3.18. The van der Waals surface area contributed by atoms with Gasteiger partial charge < -0.3 is 15.4 Å². The highest BCUT2D eigenvalue weighted by Crippen LogP contribution is 2.17. The molecule has 1 aliphatic heterocycles. The van der Waals surface area contributed by atoms with Gasteiger partial charge in [0.2, 0.25) is 0 Å². The van der Waals surface area contributed by atoms with Crippen LogP contribution in [-0.4, -0.2) is 55.8 Å². The van der Waals surface area contributed by atoms with Crippen molar-refractivity contribution in [2.75, 3.05) is 32.8 Å². The predicted octanol–water partition coefficient (Wildman–Crippen LogP) is 2.69. The number of guanidine groups is 1. The zero-order valence-electron chi connectivity index (χ0n) is 16.1. The maximum atomic E-state index is 14.0. The van der Waals surface area contributed by atoms with E-state index in [0.29, 0.717) is 30.7 Å². The quantitative estimate of drug-likeness (QED) is 0.599. The van der Waals surface area contributed by atoms with Crippen LogP contribution in [0, 0.1) is 11.6 Å². The molecule has 0 amide bonds. The molecule has 2 rings (SSSR count). The Balaban J connectivity index is 2.01. The van der Waals surface area contributed by atoms with Gasteiger partial charge in [-0.15, -0.1) is 0 Å². The number of hydrogen-bond donors (Lipinski definition) is 2. The summed E-state index contributed by atoms with van der Waals surface area (Å²) in [6.07, 6.45) is 0. The molecular formula is C19H30F2N4O. The van der Waals surface area contributed by atoms with Crippen LogP contribution >= 0.6 is 0 Å². The number of ether oxygens (including phenoxy) is 1. The van der Waals surface area contributed by atoms with E-state index in [4.69, 9.17) is 4.74 Å². The average Bonchev–Trinajstić information content (AvgIpc) is 2.59. The fourth-order valence-corrected chi connectivity index (χ4v) is 3.18. The number of halogens is 2. The molecule has 0 radical (unpaired) electrons. The van der Waals surface area contributed by atoms with Gasteiger partial charge in [0.1, 0.15) is 11.6 Å². The van der Waals surface area contributed by atoms with Crippen molar-refractivity contribution in [3.63, 3.8) is 0 Å². The topological polar surface area (TPSA) is 48.9 Å². The molecule has 7 heteroatoms. The first-order valence-corrected chi connectivity index (χ1v) is 9.25. The van der Waals surface area contributed by atoms with Gasteiger partial charge in [-0.2, -0.15) is 0 Å². The van der Waals surface area contributed by atoms with E-state index in [1.165, 1.54) is 12.1 Å². The molecule has 1 aromatic rings. The third kappa shape index (κ3) is 5.64. The number of hydrogen-bond acceptors (Lipinski definition) is 3. The van der Waals surface area contributed by atoms with Crippen LogP contribution in [0.2, 0.25) is 0 Å². The standard InChI is InChI=1S/C19H30F2N4O/c1-5-22-19(23-11-13(2)25-8-9-26-12-14(25)3)24-15(4)17-7-6-16(20)10-18(17)21/h6-7,10,13-15H,5,8-9,11-12H2,1-4H3,(H2,22,23,24). The Morgan fingerprint density at radius 2 is 2.15 bits per heavy atom. The molecule has 1 heterocycles. The Bertz CT molecular complexity index is 611. The van der Waals surface area contributed by atoms with Crippen molar-refractivity contribution in [1.82, 2.24) is 15.5 Å². The minimum atomic E-state index is -0.576. The minimum absolute atomic E-state index is 0.280. The number of nitrogens with zero attached hydrogens (tertiary/aromatic N) is 2. The summed E-state index contributed by atoms with van der Waals surface area (Å²) < 4.78 is 32.6.